The summed E-state index contributed by atoms with van der Waals surface area (Å²) < 4.78 is 15.8. The monoisotopic (exact) mass is 505 g/mol. The highest BCUT2D eigenvalue weighted by molar-refractivity contribution is 8.25. The zero-order chi connectivity index (χ0) is 23.8. The minimum absolute atomic E-state index is 0.296. The van der Waals surface area contributed by atoms with Crippen LogP contribution in [0, 0.1) is 0 Å². The molecule has 1 spiro atoms. The molecule has 6 nitrogen and oxygen atoms in total. The summed E-state index contributed by atoms with van der Waals surface area (Å²) in [6.45, 7) is 10.9. The molecule has 0 bridgehead atoms. The molecule has 3 heterocycles. The first-order valence-corrected chi connectivity index (χ1v) is 13.4. The summed E-state index contributed by atoms with van der Waals surface area (Å²) in [7, 11) is 0. The number of hydrogen-bond acceptors (Lipinski definition) is 9. The highest BCUT2D eigenvalue weighted by Crippen LogP contribution is 2.66. The van der Waals surface area contributed by atoms with Crippen LogP contribution in [0.4, 0.5) is 5.69 Å². The van der Waals surface area contributed by atoms with Gasteiger partial charge in [-0.15, -0.1) is 11.8 Å². The first-order valence-electron chi connectivity index (χ1n) is 10.9. The smallest absolute Gasteiger partial charge is 0.345 e. The van der Waals surface area contributed by atoms with E-state index in [9.17, 15) is 9.59 Å². The molecule has 0 fully saturated rings. The lowest BCUT2D eigenvalue weighted by molar-refractivity contribution is -0.138. The summed E-state index contributed by atoms with van der Waals surface area (Å²) in [5, 5.41) is 5.47. The average Bonchev–Trinajstić information content (AvgIpc) is 3.19. The van der Waals surface area contributed by atoms with E-state index in [0.29, 0.717) is 29.6 Å². The van der Waals surface area contributed by atoms with Crippen molar-refractivity contribution in [3.05, 3.63) is 50.0 Å². The number of carbonyl (C=O) groups is 2. The zero-order valence-electron chi connectivity index (χ0n) is 19.3. The number of benzene rings is 1. The highest BCUT2D eigenvalue weighted by atomic mass is 32.2. The van der Waals surface area contributed by atoms with Crippen LogP contribution in [0.1, 0.15) is 40.2 Å². The van der Waals surface area contributed by atoms with E-state index in [0.717, 1.165) is 27.5 Å². The summed E-state index contributed by atoms with van der Waals surface area (Å²) in [6.07, 6.45) is 1.94. The largest absolute Gasteiger partial charge is 0.492 e. The Morgan fingerprint density at radius 3 is 2.36 bits per heavy atom. The fraction of sp³-hybridized carbons (Fsp3) is 0.417. The maximum absolute atomic E-state index is 12.8. The lowest BCUT2D eigenvalue weighted by Crippen LogP contribution is -2.41. The minimum Gasteiger partial charge on any atom is -0.492 e. The van der Waals surface area contributed by atoms with Crippen molar-refractivity contribution in [3.8, 4) is 5.75 Å². The summed E-state index contributed by atoms with van der Waals surface area (Å²) in [6, 6.07) is 5.99. The van der Waals surface area contributed by atoms with Crippen molar-refractivity contribution in [2.75, 3.05) is 25.1 Å². The molecule has 9 heteroatoms. The van der Waals surface area contributed by atoms with Gasteiger partial charge in [-0.2, -0.15) is 0 Å². The van der Waals surface area contributed by atoms with E-state index < -0.39 is 9.62 Å². The third-order valence-corrected chi connectivity index (χ3v) is 9.53. The lowest BCUT2D eigenvalue weighted by Gasteiger charge is -2.45. The number of carbonyl (C=O) groups excluding carboxylic acids is 2. The Bertz CT molecular complexity index is 1090. The van der Waals surface area contributed by atoms with Gasteiger partial charge in [-0.25, -0.2) is 9.59 Å². The first kappa shape index (κ1) is 24.2. The number of rotatable bonds is 6. The summed E-state index contributed by atoms with van der Waals surface area (Å²) in [5.74, 6) is 0.0696. The number of thioether (sulfide) groups is 3. The molecule has 0 unspecified atom stereocenters. The maximum atomic E-state index is 12.8. The topological polar surface area (TPSA) is 73.9 Å². The Hall–Kier alpha value is -1.97. The van der Waals surface area contributed by atoms with Crippen LogP contribution in [0.3, 0.4) is 0 Å². The fourth-order valence-corrected chi connectivity index (χ4v) is 8.33. The molecule has 1 aromatic rings. The van der Waals surface area contributed by atoms with Gasteiger partial charge in [0, 0.05) is 16.0 Å². The molecule has 4 rings (SSSR count). The van der Waals surface area contributed by atoms with Gasteiger partial charge in [-0.05, 0) is 52.2 Å². The summed E-state index contributed by atoms with van der Waals surface area (Å²) in [5.41, 5.74) is 2.50. The van der Waals surface area contributed by atoms with Gasteiger partial charge in [0.1, 0.15) is 14.7 Å². The summed E-state index contributed by atoms with van der Waals surface area (Å²) in [4.78, 5) is 27.5. The second-order valence-corrected chi connectivity index (χ2v) is 11.7. The molecule has 0 aromatic heterocycles. The number of hydrogen-bond donors (Lipinski definition) is 1. The van der Waals surface area contributed by atoms with Gasteiger partial charge in [0.15, 0.2) is 0 Å². The first-order chi connectivity index (χ1) is 15.8. The fourth-order valence-electron chi connectivity index (χ4n) is 3.98. The van der Waals surface area contributed by atoms with Crippen LogP contribution in [0.15, 0.2) is 44.4 Å². The molecule has 3 aliphatic rings. The molecule has 176 valence electrons. The van der Waals surface area contributed by atoms with E-state index in [1.807, 2.05) is 30.5 Å². The SMILES string of the molecule is CCOC(=O)C1=C[C@]2(SC=C(C(=O)OCC)S2)C2=C(S1)C(C)(C)Nc1c(OCC)cccc12. The number of nitrogens with one attached hydrogen (secondary N) is 1. The van der Waals surface area contributed by atoms with Crippen LogP contribution < -0.4 is 10.1 Å². The third-order valence-electron chi connectivity index (χ3n) is 5.27. The van der Waals surface area contributed by atoms with Gasteiger partial charge in [-0.1, -0.05) is 35.7 Å². The Morgan fingerprint density at radius 1 is 1.00 bits per heavy atom. The molecule has 0 saturated heterocycles. The van der Waals surface area contributed by atoms with Crippen molar-refractivity contribution in [3.63, 3.8) is 0 Å². The number of esters is 2. The van der Waals surface area contributed by atoms with Gasteiger partial charge < -0.3 is 19.5 Å². The number of para-hydroxylation sites is 1. The van der Waals surface area contributed by atoms with E-state index in [4.69, 9.17) is 14.2 Å². The van der Waals surface area contributed by atoms with Crippen molar-refractivity contribution in [1.82, 2.24) is 0 Å². The van der Waals surface area contributed by atoms with Crippen molar-refractivity contribution < 1.29 is 23.8 Å². The van der Waals surface area contributed by atoms with Crippen molar-refractivity contribution in [2.45, 2.75) is 44.2 Å². The van der Waals surface area contributed by atoms with Crippen LogP contribution >= 0.6 is 35.3 Å². The lowest BCUT2D eigenvalue weighted by atomic mass is 9.87. The molecule has 1 N–H and O–H groups in total. The molecule has 0 amide bonds. The molecule has 0 saturated carbocycles. The average molecular weight is 506 g/mol. The molecular formula is C24H27NO5S3. The van der Waals surface area contributed by atoms with E-state index in [1.54, 1.807) is 13.8 Å². The van der Waals surface area contributed by atoms with Crippen LogP contribution in [0.2, 0.25) is 0 Å². The van der Waals surface area contributed by atoms with Crippen molar-refractivity contribution in [2.24, 2.45) is 0 Å². The molecule has 3 aliphatic heterocycles. The molecule has 1 aromatic carbocycles. The molecule has 0 aliphatic carbocycles. The predicted molar refractivity (Wildman–Crippen MR) is 137 cm³/mol. The Balaban J connectivity index is 1.89. The van der Waals surface area contributed by atoms with Gasteiger partial charge in [0.2, 0.25) is 0 Å². The van der Waals surface area contributed by atoms with E-state index in [1.165, 1.54) is 35.3 Å². The molecule has 0 radical (unpaired) electrons. The maximum Gasteiger partial charge on any atom is 0.345 e. The second kappa shape index (κ2) is 9.35. The Labute approximate surface area is 206 Å². The van der Waals surface area contributed by atoms with Gasteiger partial charge in [-0.3, -0.25) is 0 Å². The number of anilines is 1. The Kier molecular flexibility index (Phi) is 6.85. The summed E-state index contributed by atoms with van der Waals surface area (Å²) >= 11 is 4.36. The molecule has 33 heavy (non-hydrogen) atoms. The van der Waals surface area contributed by atoms with Crippen molar-refractivity contribution >= 4 is 58.5 Å². The van der Waals surface area contributed by atoms with Crippen molar-refractivity contribution in [1.29, 1.82) is 0 Å². The Morgan fingerprint density at radius 2 is 1.70 bits per heavy atom. The van der Waals surface area contributed by atoms with Crippen LogP contribution in [-0.4, -0.2) is 41.4 Å². The standard InChI is InChI=1S/C24H27NO5S3/c1-6-28-15-11-9-10-14-18-20(23(4,5)25-19(14)15)32-16(21(26)29-7-2)12-24(18)31-13-17(33-24)22(27)30-8-3/h9-13,25H,6-8H2,1-5H3/t24-/m1/s1. The van der Waals surface area contributed by atoms with Gasteiger partial charge in [0.25, 0.3) is 0 Å². The highest BCUT2D eigenvalue weighted by Gasteiger charge is 2.51. The second-order valence-electron chi connectivity index (χ2n) is 7.99. The zero-order valence-corrected chi connectivity index (χ0v) is 21.7. The predicted octanol–water partition coefficient (Wildman–Crippen LogP) is 5.78. The van der Waals surface area contributed by atoms with E-state index in [2.05, 4.69) is 25.2 Å². The number of ether oxygens (including phenoxy) is 3. The van der Waals surface area contributed by atoms with Crippen LogP contribution in [0.25, 0.3) is 5.57 Å². The molecule has 1 atom stereocenters. The minimum atomic E-state index is -0.705. The quantitative estimate of drug-likeness (QED) is 0.485. The van der Waals surface area contributed by atoms with Crippen LogP contribution in [0.5, 0.6) is 5.75 Å². The number of fused-ring (bicyclic) bond motifs is 3. The molecular weight excluding hydrogens is 478 g/mol. The van der Waals surface area contributed by atoms with Crippen LogP contribution in [-0.2, 0) is 19.1 Å². The van der Waals surface area contributed by atoms with Gasteiger partial charge >= 0.3 is 11.9 Å². The van der Waals surface area contributed by atoms with E-state index in [-0.39, 0.29) is 11.9 Å². The van der Waals surface area contributed by atoms with E-state index >= 15 is 0 Å². The normalized spacial score (nSPS) is 22.6. The third kappa shape index (κ3) is 4.31. The van der Waals surface area contributed by atoms with Gasteiger partial charge in [0.05, 0.1) is 36.0 Å².